The fourth-order valence-corrected chi connectivity index (χ4v) is 6.87. The molecule has 1 unspecified atom stereocenters. The van der Waals surface area contributed by atoms with Crippen molar-refractivity contribution in [1.82, 2.24) is 26.2 Å². The number of hydrogen-bond acceptors (Lipinski definition) is 5. The average Bonchev–Trinajstić information content (AvgIpc) is 3.71. The molecule has 9 heteroatoms. The average molecular weight is 560 g/mol. The zero-order valence-electron chi connectivity index (χ0n) is 24.2. The molecule has 1 saturated heterocycles. The van der Waals surface area contributed by atoms with E-state index in [1.807, 2.05) is 13.8 Å². The van der Waals surface area contributed by atoms with Crippen LogP contribution >= 0.6 is 0 Å². The third-order valence-electron chi connectivity index (χ3n) is 8.84. The predicted molar refractivity (Wildman–Crippen MR) is 157 cm³/mol. The van der Waals surface area contributed by atoms with Crippen LogP contribution in [-0.2, 0) is 32.0 Å². The molecule has 4 N–H and O–H groups in total. The Labute approximate surface area is 241 Å². The molecule has 0 saturated carbocycles. The smallest absolute Gasteiger partial charge is 0.246 e. The normalized spacial score (nSPS) is 21.8. The van der Waals surface area contributed by atoms with Crippen LogP contribution in [0.25, 0.3) is 11.1 Å². The molecule has 0 aromatic heterocycles. The maximum absolute atomic E-state index is 13.6. The summed E-state index contributed by atoms with van der Waals surface area (Å²) in [7, 11) is 1.69. The number of carbonyl (C=O) groups excluding carboxylic acids is 4. The summed E-state index contributed by atoms with van der Waals surface area (Å²) in [6, 6.07) is 11.3. The Morgan fingerprint density at radius 2 is 1.59 bits per heavy atom. The van der Waals surface area contributed by atoms with Crippen LogP contribution < -0.4 is 21.3 Å². The van der Waals surface area contributed by atoms with Gasteiger partial charge in [-0.1, -0.05) is 50.2 Å². The van der Waals surface area contributed by atoms with Crippen molar-refractivity contribution in [2.24, 2.45) is 5.92 Å². The van der Waals surface area contributed by atoms with Gasteiger partial charge in [-0.2, -0.15) is 0 Å². The molecule has 0 spiro atoms. The summed E-state index contributed by atoms with van der Waals surface area (Å²) < 4.78 is 0. The van der Waals surface area contributed by atoms with Gasteiger partial charge in [0.25, 0.3) is 0 Å². The van der Waals surface area contributed by atoms with E-state index in [-0.39, 0.29) is 42.3 Å². The molecular weight excluding hydrogens is 518 g/mol. The molecule has 3 aliphatic rings. The van der Waals surface area contributed by atoms with Gasteiger partial charge < -0.3 is 26.2 Å². The molecule has 5 rings (SSSR count). The van der Waals surface area contributed by atoms with Gasteiger partial charge in [0.2, 0.25) is 24.1 Å². The number of hydrogen-bond donors (Lipinski definition) is 4. The van der Waals surface area contributed by atoms with E-state index >= 15 is 0 Å². The Morgan fingerprint density at radius 1 is 0.951 bits per heavy atom. The summed E-state index contributed by atoms with van der Waals surface area (Å²) in [6.07, 6.45) is 5.61. The molecule has 218 valence electrons. The van der Waals surface area contributed by atoms with E-state index in [1.54, 1.807) is 11.9 Å². The summed E-state index contributed by atoms with van der Waals surface area (Å²) in [5.41, 5.74) is 7.25. The highest BCUT2D eigenvalue weighted by atomic mass is 16.2. The van der Waals surface area contributed by atoms with E-state index in [2.05, 4.69) is 57.7 Å². The minimum Gasteiger partial charge on any atom is -0.352 e. The molecule has 2 aliphatic carbocycles. The molecule has 1 fully saturated rings. The molecular formula is C32H41N5O4. The number of rotatable bonds is 10. The molecule has 4 atom stereocenters. The van der Waals surface area contributed by atoms with Crippen molar-refractivity contribution in [1.29, 1.82) is 0 Å². The van der Waals surface area contributed by atoms with Crippen molar-refractivity contribution < 1.29 is 19.2 Å². The van der Waals surface area contributed by atoms with Crippen LogP contribution in [0, 0.1) is 5.92 Å². The molecule has 2 aromatic rings. The topological polar surface area (TPSA) is 120 Å². The van der Waals surface area contributed by atoms with Crippen molar-refractivity contribution in [3.63, 3.8) is 0 Å². The standard InChI is InChI=1S/C32H41N5O4/c1-19(2)30(36-29(39)17-33-3)32(41)37-16-6-11-28(37)31(40)35-27-15-13-23-21(8-5-10-25(23)27)20-7-4-9-24-22(20)12-14-26(24)34-18-38/h4-5,7-10,18-19,26-28,30,33H,6,11-17H2,1-3H3,(H,34,38)(H,35,40)(H,36,39)/t26-,27-,28+,30?/m1/s1. The van der Waals surface area contributed by atoms with E-state index < -0.39 is 12.1 Å². The Hall–Kier alpha value is -3.72. The van der Waals surface area contributed by atoms with E-state index in [0.29, 0.717) is 13.0 Å². The number of benzene rings is 2. The van der Waals surface area contributed by atoms with Crippen LogP contribution in [0.5, 0.6) is 0 Å². The fraction of sp³-hybridized carbons (Fsp3) is 0.500. The first-order valence-corrected chi connectivity index (χ1v) is 14.8. The fourth-order valence-electron chi connectivity index (χ4n) is 6.87. The summed E-state index contributed by atoms with van der Waals surface area (Å²) in [6.45, 7) is 4.45. The number of nitrogens with zero attached hydrogens (tertiary/aromatic N) is 1. The number of amides is 4. The number of carbonyl (C=O) groups is 4. The number of likely N-dealkylation sites (tertiary alicyclic amines) is 1. The van der Waals surface area contributed by atoms with Gasteiger partial charge in [0.1, 0.15) is 12.1 Å². The monoisotopic (exact) mass is 559 g/mol. The van der Waals surface area contributed by atoms with Crippen LogP contribution in [0.1, 0.15) is 73.9 Å². The largest absolute Gasteiger partial charge is 0.352 e. The molecule has 0 bridgehead atoms. The minimum absolute atomic E-state index is 0.0511. The quantitative estimate of drug-likeness (QED) is 0.334. The maximum Gasteiger partial charge on any atom is 0.246 e. The van der Waals surface area contributed by atoms with E-state index in [9.17, 15) is 19.2 Å². The van der Waals surface area contributed by atoms with Crippen LogP contribution in [0.2, 0.25) is 0 Å². The Morgan fingerprint density at radius 3 is 2.20 bits per heavy atom. The van der Waals surface area contributed by atoms with E-state index in [1.165, 1.54) is 27.8 Å². The summed E-state index contributed by atoms with van der Waals surface area (Å²) in [4.78, 5) is 52.1. The first-order valence-electron chi connectivity index (χ1n) is 14.8. The Bertz CT molecular complexity index is 1330. The van der Waals surface area contributed by atoms with Gasteiger partial charge in [-0.15, -0.1) is 0 Å². The van der Waals surface area contributed by atoms with Crippen LogP contribution in [0.4, 0.5) is 0 Å². The molecule has 1 aliphatic heterocycles. The third-order valence-corrected chi connectivity index (χ3v) is 8.84. The zero-order chi connectivity index (χ0) is 29.1. The minimum atomic E-state index is -0.673. The second-order valence-corrected chi connectivity index (χ2v) is 11.7. The molecule has 1 heterocycles. The molecule has 0 radical (unpaired) electrons. The zero-order valence-corrected chi connectivity index (χ0v) is 24.2. The lowest BCUT2D eigenvalue weighted by Crippen LogP contribution is -2.56. The van der Waals surface area contributed by atoms with E-state index in [0.717, 1.165) is 44.1 Å². The van der Waals surface area contributed by atoms with Gasteiger partial charge in [-0.25, -0.2) is 0 Å². The number of fused-ring (bicyclic) bond motifs is 2. The predicted octanol–water partition coefficient (Wildman–Crippen LogP) is 2.54. The van der Waals surface area contributed by atoms with Crippen molar-refractivity contribution in [3.8, 4) is 11.1 Å². The number of likely N-dealkylation sites (N-methyl/N-ethyl adjacent to an activating group) is 1. The molecule has 41 heavy (non-hydrogen) atoms. The lowest BCUT2D eigenvalue weighted by Gasteiger charge is -2.31. The van der Waals surface area contributed by atoms with Gasteiger partial charge in [-0.05, 0) is 84.9 Å². The van der Waals surface area contributed by atoms with Crippen LogP contribution in [0.15, 0.2) is 36.4 Å². The van der Waals surface area contributed by atoms with Crippen LogP contribution in [-0.4, -0.2) is 61.3 Å². The van der Waals surface area contributed by atoms with Crippen molar-refractivity contribution >= 4 is 24.1 Å². The molecule has 4 amide bonds. The van der Waals surface area contributed by atoms with Gasteiger partial charge in [0.15, 0.2) is 0 Å². The van der Waals surface area contributed by atoms with Gasteiger partial charge in [-0.3, -0.25) is 19.2 Å². The van der Waals surface area contributed by atoms with Gasteiger partial charge in [0.05, 0.1) is 18.6 Å². The first-order chi connectivity index (χ1) is 19.8. The summed E-state index contributed by atoms with van der Waals surface area (Å²) in [5, 5.41) is 11.9. The summed E-state index contributed by atoms with van der Waals surface area (Å²) in [5.74, 6) is -0.669. The maximum atomic E-state index is 13.6. The van der Waals surface area contributed by atoms with Crippen molar-refractivity contribution in [2.75, 3.05) is 20.1 Å². The summed E-state index contributed by atoms with van der Waals surface area (Å²) >= 11 is 0. The lowest BCUT2D eigenvalue weighted by atomic mass is 9.91. The highest BCUT2D eigenvalue weighted by molar-refractivity contribution is 5.93. The highest BCUT2D eigenvalue weighted by Crippen LogP contribution is 2.43. The highest BCUT2D eigenvalue weighted by Gasteiger charge is 2.40. The van der Waals surface area contributed by atoms with Crippen molar-refractivity contribution in [3.05, 3.63) is 58.7 Å². The third kappa shape index (κ3) is 5.73. The number of nitrogens with one attached hydrogen (secondary N) is 4. The first kappa shape index (κ1) is 28.8. The SMILES string of the molecule is CNCC(=O)NC(C(=O)N1CCC[C@H]1C(=O)N[C@@H]1CCc2c(-c3cccc4c3CC[C@H]4NC=O)cccc21)C(C)C. The second-order valence-electron chi connectivity index (χ2n) is 11.7. The molecule has 2 aromatic carbocycles. The Balaban J connectivity index is 1.32. The molecule has 9 nitrogen and oxygen atoms in total. The Kier molecular flexibility index (Phi) is 8.73. The van der Waals surface area contributed by atoms with Gasteiger partial charge >= 0.3 is 0 Å². The van der Waals surface area contributed by atoms with E-state index in [4.69, 9.17) is 0 Å². The van der Waals surface area contributed by atoms with Gasteiger partial charge in [0, 0.05) is 6.54 Å². The van der Waals surface area contributed by atoms with Crippen LogP contribution in [0.3, 0.4) is 0 Å². The lowest BCUT2D eigenvalue weighted by molar-refractivity contribution is -0.142. The van der Waals surface area contributed by atoms with Crippen molar-refractivity contribution in [2.45, 2.75) is 76.5 Å². The second kappa shape index (κ2) is 12.4.